The van der Waals surface area contributed by atoms with Gasteiger partial charge in [0.2, 0.25) is 0 Å². The zero-order valence-corrected chi connectivity index (χ0v) is 8.58. The van der Waals surface area contributed by atoms with Crippen molar-refractivity contribution in [3.8, 4) is 0 Å². The van der Waals surface area contributed by atoms with Crippen molar-refractivity contribution in [2.45, 2.75) is 13.0 Å². The molecule has 1 heterocycles. The summed E-state index contributed by atoms with van der Waals surface area (Å²) in [7, 11) is 0. The first kappa shape index (κ1) is 8.97. The van der Waals surface area contributed by atoms with Crippen LogP contribution in [0.15, 0.2) is 23.2 Å². The fourth-order valence-corrected chi connectivity index (χ4v) is 2.68. The van der Waals surface area contributed by atoms with Gasteiger partial charge in [0.15, 0.2) is 0 Å². The van der Waals surface area contributed by atoms with Crippen LogP contribution in [0.25, 0.3) is 0 Å². The topological polar surface area (TPSA) is 20.2 Å². The van der Waals surface area contributed by atoms with Crippen molar-refractivity contribution in [3.63, 3.8) is 0 Å². The van der Waals surface area contributed by atoms with Gasteiger partial charge in [0, 0.05) is 9.35 Å². The van der Waals surface area contributed by atoms with Gasteiger partial charge in [0.05, 0.1) is 4.88 Å². The predicted octanol–water partition coefficient (Wildman–Crippen LogP) is 3.04. The molecule has 0 aromatic carbocycles. The van der Waals surface area contributed by atoms with Crippen molar-refractivity contribution in [2.24, 2.45) is 0 Å². The predicted molar refractivity (Wildman–Crippen MR) is 51.9 cm³/mol. The number of aliphatic hydroxyl groups is 1. The second kappa shape index (κ2) is 3.52. The van der Waals surface area contributed by atoms with E-state index in [4.69, 9.17) is 0 Å². The molecule has 0 aliphatic carbocycles. The van der Waals surface area contributed by atoms with E-state index in [1.54, 1.807) is 11.3 Å². The summed E-state index contributed by atoms with van der Waals surface area (Å²) in [5.41, 5.74) is 0. The van der Waals surface area contributed by atoms with Crippen molar-refractivity contribution < 1.29 is 5.11 Å². The first-order valence-corrected chi connectivity index (χ1v) is 4.82. The Morgan fingerprint density at radius 1 is 1.82 bits per heavy atom. The van der Waals surface area contributed by atoms with Gasteiger partial charge >= 0.3 is 0 Å². The summed E-state index contributed by atoms with van der Waals surface area (Å²) in [6.07, 6.45) is 0.985. The van der Waals surface area contributed by atoms with Gasteiger partial charge in [0.1, 0.15) is 6.10 Å². The molecule has 1 atom stereocenters. The lowest BCUT2D eigenvalue weighted by atomic mass is 10.3. The highest BCUT2D eigenvalue weighted by molar-refractivity contribution is 9.10. The quantitative estimate of drug-likeness (QED) is 0.778. The van der Waals surface area contributed by atoms with Gasteiger partial charge in [-0.25, -0.2) is 0 Å². The summed E-state index contributed by atoms with van der Waals surface area (Å²) in [5.74, 6) is 0. The minimum absolute atomic E-state index is 0.539. The Bertz CT molecular complexity index is 267. The lowest BCUT2D eigenvalue weighted by molar-refractivity contribution is 0.232. The van der Waals surface area contributed by atoms with E-state index < -0.39 is 6.10 Å². The maximum absolute atomic E-state index is 9.39. The van der Waals surface area contributed by atoms with Crippen LogP contribution < -0.4 is 0 Å². The molecule has 1 N–H and O–H groups in total. The molecule has 1 nitrogen and oxygen atoms in total. The van der Waals surface area contributed by atoms with Crippen LogP contribution in [0.3, 0.4) is 0 Å². The van der Waals surface area contributed by atoms with Crippen LogP contribution >= 0.6 is 27.3 Å². The third-order valence-electron chi connectivity index (χ3n) is 1.33. The molecule has 0 amide bonds. The Balaban J connectivity index is 3.02. The molecule has 0 fully saturated rings. The van der Waals surface area contributed by atoms with E-state index in [2.05, 4.69) is 22.5 Å². The molecule has 3 heteroatoms. The lowest BCUT2D eigenvalue weighted by Crippen LogP contribution is -1.87. The van der Waals surface area contributed by atoms with Gasteiger partial charge in [-0.2, -0.15) is 0 Å². The second-order valence-electron chi connectivity index (χ2n) is 2.25. The van der Waals surface area contributed by atoms with Crippen LogP contribution in [-0.2, 0) is 0 Å². The van der Waals surface area contributed by atoms with Crippen molar-refractivity contribution in [2.75, 3.05) is 0 Å². The number of hydrogen-bond acceptors (Lipinski definition) is 2. The minimum Gasteiger partial charge on any atom is -0.383 e. The fraction of sp³-hybridized carbons (Fsp3) is 0.250. The highest BCUT2D eigenvalue weighted by Crippen LogP contribution is 2.32. The van der Waals surface area contributed by atoms with Gasteiger partial charge in [-0.15, -0.1) is 17.9 Å². The Morgan fingerprint density at radius 2 is 2.45 bits per heavy atom. The van der Waals surface area contributed by atoms with E-state index in [0.717, 1.165) is 9.35 Å². The van der Waals surface area contributed by atoms with Crippen molar-refractivity contribution >= 4 is 27.3 Å². The summed E-state index contributed by atoms with van der Waals surface area (Å²) >= 11 is 4.94. The molecule has 0 spiro atoms. The average Bonchev–Trinajstić information content (AvgIpc) is 2.28. The molecule has 1 aromatic heterocycles. The molecule has 60 valence electrons. The van der Waals surface area contributed by atoms with E-state index in [1.165, 1.54) is 11.0 Å². The van der Waals surface area contributed by atoms with Crippen LogP contribution in [0.5, 0.6) is 0 Å². The zero-order chi connectivity index (χ0) is 8.43. The first-order valence-electron chi connectivity index (χ1n) is 3.21. The summed E-state index contributed by atoms with van der Waals surface area (Å²) < 4.78 is 0.965. The molecule has 0 saturated carbocycles. The number of rotatable bonds is 2. The van der Waals surface area contributed by atoms with Gasteiger partial charge in [0.25, 0.3) is 0 Å². The van der Waals surface area contributed by atoms with Gasteiger partial charge in [-0.1, -0.05) is 6.08 Å². The third kappa shape index (κ3) is 1.92. The molecule has 0 saturated heterocycles. The standard InChI is InChI=1S/C8H9BrOS/c1-3-7(10)8-6(9)4-5(2)11-8/h3-4,7,10H,1H2,2H3. The average molecular weight is 233 g/mol. The van der Waals surface area contributed by atoms with Crippen molar-refractivity contribution in [3.05, 3.63) is 32.9 Å². The minimum atomic E-state index is -0.539. The van der Waals surface area contributed by atoms with Crippen LogP contribution in [0.2, 0.25) is 0 Å². The van der Waals surface area contributed by atoms with Gasteiger partial charge < -0.3 is 5.11 Å². The number of aryl methyl sites for hydroxylation is 1. The Morgan fingerprint density at radius 3 is 2.82 bits per heavy atom. The number of thiophene rings is 1. The molecule has 0 radical (unpaired) electrons. The van der Waals surface area contributed by atoms with Crippen molar-refractivity contribution in [1.82, 2.24) is 0 Å². The van der Waals surface area contributed by atoms with Gasteiger partial charge in [-0.05, 0) is 28.9 Å². The highest BCUT2D eigenvalue weighted by Gasteiger charge is 2.10. The van der Waals surface area contributed by atoms with E-state index in [0.29, 0.717) is 0 Å². The summed E-state index contributed by atoms with van der Waals surface area (Å²) in [4.78, 5) is 2.12. The molecular weight excluding hydrogens is 224 g/mol. The van der Waals surface area contributed by atoms with E-state index >= 15 is 0 Å². The monoisotopic (exact) mass is 232 g/mol. The molecule has 0 aliphatic heterocycles. The molecule has 1 aromatic rings. The zero-order valence-electron chi connectivity index (χ0n) is 6.17. The van der Waals surface area contributed by atoms with E-state index in [1.807, 2.05) is 13.0 Å². The molecule has 0 bridgehead atoms. The molecule has 1 unspecified atom stereocenters. The van der Waals surface area contributed by atoms with Gasteiger partial charge in [-0.3, -0.25) is 0 Å². The van der Waals surface area contributed by atoms with Crippen LogP contribution in [0, 0.1) is 6.92 Å². The smallest absolute Gasteiger partial charge is 0.107 e. The molecule has 0 aliphatic rings. The Labute approximate surface area is 78.5 Å². The SMILES string of the molecule is C=CC(O)c1sc(C)cc1Br. The normalized spacial score (nSPS) is 13.0. The Hall–Kier alpha value is -0.120. The maximum Gasteiger partial charge on any atom is 0.107 e. The van der Waals surface area contributed by atoms with E-state index in [-0.39, 0.29) is 0 Å². The van der Waals surface area contributed by atoms with E-state index in [9.17, 15) is 5.11 Å². The van der Waals surface area contributed by atoms with Crippen LogP contribution in [-0.4, -0.2) is 5.11 Å². The second-order valence-corrected chi connectivity index (χ2v) is 4.39. The summed E-state index contributed by atoms with van der Waals surface area (Å²) in [6.45, 7) is 5.53. The number of aliphatic hydroxyl groups excluding tert-OH is 1. The third-order valence-corrected chi connectivity index (χ3v) is 3.37. The molecule has 11 heavy (non-hydrogen) atoms. The first-order chi connectivity index (χ1) is 5.15. The Kier molecular flexibility index (Phi) is 2.87. The van der Waals surface area contributed by atoms with Crippen LogP contribution in [0.4, 0.5) is 0 Å². The maximum atomic E-state index is 9.39. The molecule has 1 rings (SSSR count). The summed E-state index contributed by atoms with van der Waals surface area (Å²) in [5, 5.41) is 9.39. The number of hydrogen-bond donors (Lipinski definition) is 1. The van der Waals surface area contributed by atoms with Crippen molar-refractivity contribution in [1.29, 1.82) is 0 Å². The lowest BCUT2D eigenvalue weighted by Gasteiger charge is -2.00. The highest BCUT2D eigenvalue weighted by atomic mass is 79.9. The largest absolute Gasteiger partial charge is 0.383 e. The molecular formula is C8H9BrOS. The van der Waals surface area contributed by atoms with Crippen LogP contribution in [0.1, 0.15) is 15.9 Å². The summed E-state index contributed by atoms with van der Waals surface area (Å²) in [6, 6.07) is 1.99. The number of halogens is 1. The fourth-order valence-electron chi connectivity index (χ4n) is 0.810.